The largest absolute Gasteiger partial charge is 0.389 e. The molecule has 1 aromatic rings. The zero-order valence-corrected chi connectivity index (χ0v) is 13.9. The van der Waals surface area contributed by atoms with Crippen LogP contribution in [0.1, 0.15) is 39.7 Å². The zero-order valence-electron chi connectivity index (χ0n) is 13.9. The molecule has 126 valence electrons. The van der Waals surface area contributed by atoms with Crippen molar-refractivity contribution < 1.29 is 18.6 Å². The highest BCUT2D eigenvalue weighted by Crippen LogP contribution is 2.16. The molecule has 0 heterocycles. The van der Waals surface area contributed by atoms with Gasteiger partial charge in [-0.15, -0.1) is 0 Å². The molecule has 3 nitrogen and oxygen atoms in total. The first-order valence-corrected chi connectivity index (χ1v) is 7.81. The van der Waals surface area contributed by atoms with Crippen molar-refractivity contribution in [3.05, 3.63) is 35.4 Å². The van der Waals surface area contributed by atoms with E-state index in [0.717, 1.165) is 12.5 Å². The number of aliphatic hydroxyl groups excluding tert-OH is 1. The Morgan fingerprint density at radius 3 is 2.45 bits per heavy atom. The molecule has 22 heavy (non-hydrogen) atoms. The average Bonchev–Trinajstić information content (AvgIpc) is 2.46. The van der Waals surface area contributed by atoms with Crippen LogP contribution in [0.2, 0.25) is 0 Å². The Morgan fingerprint density at radius 2 is 1.91 bits per heavy atom. The molecule has 0 fully saturated rings. The second kappa shape index (κ2) is 9.18. The molecule has 0 spiro atoms. The van der Waals surface area contributed by atoms with Crippen LogP contribution < -0.4 is 0 Å². The lowest BCUT2D eigenvalue weighted by atomic mass is 10.1. The minimum atomic E-state index is -0.639. The summed E-state index contributed by atoms with van der Waals surface area (Å²) in [6, 6.07) is 3.78. The first kappa shape index (κ1) is 19.0. The summed E-state index contributed by atoms with van der Waals surface area (Å²) < 4.78 is 32.2. The van der Waals surface area contributed by atoms with Gasteiger partial charge < -0.3 is 9.84 Å². The van der Waals surface area contributed by atoms with Crippen molar-refractivity contribution in [3.63, 3.8) is 0 Å². The van der Waals surface area contributed by atoms with E-state index in [2.05, 4.69) is 0 Å². The molecule has 1 rings (SSSR count). The Bertz CT molecular complexity index is 454. The summed E-state index contributed by atoms with van der Waals surface area (Å²) >= 11 is 0. The first-order valence-electron chi connectivity index (χ1n) is 7.81. The fourth-order valence-electron chi connectivity index (χ4n) is 2.15. The van der Waals surface area contributed by atoms with Gasteiger partial charge in [0.1, 0.15) is 11.6 Å². The number of hydrogen-bond donors (Lipinski definition) is 1. The van der Waals surface area contributed by atoms with E-state index >= 15 is 0 Å². The highest BCUT2D eigenvalue weighted by Gasteiger charge is 2.19. The van der Waals surface area contributed by atoms with Crippen molar-refractivity contribution >= 4 is 0 Å². The molecule has 0 aliphatic rings. The lowest BCUT2D eigenvalue weighted by Crippen LogP contribution is -2.40. The van der Waals surface area contributed by atoms with Crippen molar-refractivity contribution in [2.75, 3.05) is 13.2 Å². The SMILES string of the molecule is CC[C@H](C)N(Cc1ccc(F)cc1F)C[C@H](O)COC(C)C. The highest BCUT2D eigenvalue weighted by molar-refractivity contribution is 5.18. The van der Waals surface area contributed by atoms with E-state index in [1.165, 1.54) is 12.1 Å². The summed E-state index contributed by atoms with van der Waals surface area (Å²) in [7, 11) is 0. The van der Waals surface area contributed by atoms with Crippen LogP contribution >= 0.6 is 0 Å². The Kier molecular flexibility index (Phi) is 7.93. The lowest BCUT2D eigenvalue weighted by molar-refractivity contribution is -0.0150. The monoisotopic (exact) mass is 315 g/mol. The van der Waals surface area contributed by atoms with Crippen LogP contribution in [0.3, 0.4) is 0 Å². The summed E-state index contributed by atoms with van der Waals surface area (Å²) in [5, 5.41) is 10.1. The molecule has 0 bridgehead atoms. The first-order chi connectivity index (χ1) is 10.3. The Labute approximate surface area is 131 Å². The van der Waals surface area contributed by atoms with Gasteiger partial charge in [0.05, 0.1) is 18.8 Å². The quantitative estimate of drug-likeness (QED) is 0.758. The van der Waals surface area contributed by atoms with E-state index in [1.807, 2.05) is 32.6 Å². The number of hydrogen-bond acceptors (Lipinski definition) is 3. The van der Waals surface area contributed by atoms with Gasteiger partial charge in [-0.1, -0.05) is 13.0 Å². The molecule has 2 atom stereocenters. The normalized spacial score (nSPS) is 14.6. The van der Waals surface area contributed by atoms with Crippen molar-refractivity contribution in [1.82, 2.24) is 4.90 Å². The number of benzene rings is 1. The maximum atomic E-state index is 13.8. The van der Waals surface area contributed by atoms with Gasteiger partial charge in [0, 0.05) is 30.8 Å². The average molecular weight is 315 g/mol. The van der Waals surface area contributed by atoms with Gasteiger partial charge in [-0.3, -0.25) is 4.90 Å². The maximum Gasteiger partial charge on any atom is 0.130 e. The Hall–Kier alpha value is -1.04. The minimum absolute atomic E-state index is 0.0567. The van der Waals surface area contributed by atoms with Gasteiger partial charge in [0.2, 0.25) is 0 Å². The van der Waals surface area contributed by atoms with E-state index in [-0.39, 0.29) is 18.8 Å². The van der Waals surface area contributed by atoms with Crippen molar-refractivity contribution in [2.24, 2.45) is 0 Å². The lowest BCUT2D eigenvalue weighted by Gasteiger charge is -2.30. The molecule has 0 saturated carbocycles. The van der Waals surface area contributed by atoms with Gasteiger partial charge in [0.25, 0.3) is 0 Å². The van der Waals surface area contributed by atoms with Crippen LogP contribution in [0.4, 0.5) is 8.78 Å². The molecular weight excluding hydrogens is 288 g/mol. The van der Waals surface area contributed by atoms with Crippen LogP contribution in [0.15, 0.2) is 18.2 Å². The summed E-state index contributed by atoms with van der Waals surface area (Å²) in [4.78, 5) is 1.99. The molecule has 0 aromatic heterocycles. The zero-order chi connectivity index (χ0) is 16.7. The van der Waals surface area contributed by atoms with E-state index in [4.69, 9.17) is 4.74 Å². The van der Waals surface area contributed by atoms with Crippen LogP contribution in [0, 0.1) is 11.6 Å². The topological polar surface area (TPSA) is 32.7 Å². The second-order valence-corrected chi connectivity index (χ2v) is 5.96. The number of halogens is 2. The van der Waals surface area contributed by atoms with Crippen molar-refractivity contribution in [1.29, 1.82) is 0 Å². The van der Waals surface area contributed by atoms with Crippen LogP contribution in [-0.2, 0) is 11.3 Å². The number of ether oxygens (including phenoxy) is 1. The number of rotatable bonds is 9. The third kappa shape index (κ3) is 6.38. The van der Waals surface area contributed by atoms with E-state index in [0.29, 0.717) is 18.7 Å². The van der Waals surface area contributed by atoms with Crippen molar-refractivity contribution in [2.45, 2.75) is 58.9 Å². The molecule has 1 N–H and O–H groups in total. The van der Waals surface area contributed by atoms with Gasteiger partial charge in [0.15, 0.2) is 0 Å². The van der Waals surface area contributed by atoms with Gasteiger partial charge in [-0.05, 0) is 33.3 Å². The van der Waals surface area contributed by atoms with E-state index in [1.54, 1.807) is 0 Å². The van der Waals surface area contributed by atoms with E-state index in [9.17, 15) is 13.9 Å². The highest BCUT2D eigenvalue weighted by atomic mass is 19.1. The molecular formula is C17H27F2NO2. The van der Waals surface area contributed by atoms with Crippen LogP contribution in [0.5, 0.6) is 0 Å². The number of aliphatic hydroxyl groups is 1. The molecule has 0 unspecified atom stereocenters. The predicted octanol–water partition coefficient (Wildman–Crippen LogP) is 3.35. The van der Waals surface area contributed by atoms with Gasteiger partial charge >= 0.3 is 0 Å². The molecule has 0 saturated heterocycles. The third-order valence-electron chi connectivity index (χ3n) is 3.67. The molecule has 0 aliphatic heterocycles. The summed E-state index contributed by atoms with van der Waals surface area (Å²) in [5.41, 5.74) is 0.429. The van der Waals surface area contributed by atoms with Gasteiger partial charge in [-0.25, -0.2) is 8.78 Å². The standard InChI is InChI=1S/C17H27F2NO2/c1-5-13(4)20(10-16(21)11-22-12(2)3)9-14-6-7-15(18)8-17(14)19/h6-8,12-13,16,21H,5,9-11H2,1-4H3/t13-,16-/m0/s1. The third-order valence-corrected chi connectivity index (χ3v) is 3.67. The minimum Gasteiger partial charge on any atom is -0.389 e. The summed E-state index contributed by atoms with van der Waals surface area (Å²) in [6.45, 7) is 8.85. The Morgan fingerprint density at radius 1 is 1.23 bits per heavy atom. The summed E-state index contributed by atoms with van der Waals surface area (Å²) in [6.07, 6.45) is 0.293. The predicted molar refractivity (Wildman–Crippen MR) is 83.6 cm³/mol. The fourth-order valence-corrected chi connectivity index (χ4v) is 2.15. The Balaban J connectivity index is 2.72. The smallest absolute Gasteiger partial charge is 0.130 e. The van der Waals surface area contributed by atoms with E-state index < -0.39 is 17.7 Å². The molecule has 1 aromatic carbocycles. The van der Waals surface area contributed by atoms with Crippen LogP contribution in [0.25, 0.3) is 0 Å². The second-order valence-electron chi connectivity index (χ2n) is 5.96. The molecule has 0 aliphatic carbocycles. The molecule has 0 radical (unpaired) electrons. The molecule has 5 heteroatoms. The maximum absolute atomic E-state index is 13.8. The van der Waals surface area contributed by atoms with Crippen molar-refractivity contribution in [3.8, 4) is 0 Å². The fraction of sp³-hybridized carbons (Fsp3) is 0.647. The number of nitrogens with zero attached hydrogens (tertiary/aromatic N) is 1. The van der Waals surface area contributed by atoms with Crippen LogP contribution in [-0.4, -0.2) is 41.4 Å². The molecule has 0 amide bonds. The summed E-state index contributed by atoms with van der Waals surface area (Å²) in [5.74, 6) is -1.14. The van der Waals surface area contributed by atoms with Gasteiger partial charge in [-0.2, -0.15) is 0 Å².